The molecular formula is C56H40BrF4N3O9. The highest BCUT2D eigenvalue weighted by atomic mass is 79.9. The lowest BCUT2D eigenvalue weighted by atomic mass is 10.0. The third-order valence-corrected chi connectivity index (χ3v) is 10.9. The molecule has 0 fully saturated rings. The number of benzene rings is 8. The first kappa shape index (κ1) is 53.1. The van der Waals surface area contributed by atoms with Crippen LogP contribution in [0.5, 0.6) is 0 Å². The first-order valence-electron chi connectivity index (χ1n) is 21.5. The molecule has 0 aliphatic carbocycles. The van der Waals surface area contributed by atoms with E-state index in [1.807, 2.05) is 6.07 Å². The number of carbonyl (C=O) groups is 6. The first-order chi connectivity index (χ1) is 35.1. The number of methoxy groups -OCH3 is 2. The minimum Gasteiger partial charge on any atom is -0.478 e. The van der Waals surface area contributed by atoms with Gasteiger partial charge in [0.1, 0.15) is 23.3 Å². The number of rotatable bonds is 11. The standard InChI is InChI=1S/C21H15F2NO3.C20H13F2NO3.C15H12BrNO3/c1-27-21(26)17-9-7-14(16-10-8-15(22)12-18(16)23)11-19(17)24-20(25)13-5-3-2-4-6-13;21-14-7-9-15(17(22)11-14)13-6-8-16(20(25)26)18(10-13)23-19(24)12-4-2-1-3-5-12;1-20-15(19)12-8-7-11(16)9-13(12)17-14(18)10-5-3-2-4-6-10/h2-12H,1H3,(H,24,25);1-11H,(H,23,24)(H,25,26);2-9H,1H3,(H,17,18). The van der Waals surface area contributed by atoms with Crippen LogP contribution in [0.3, 0.4) is 0 Å². The van der Waals surface area contributed by atoms with Crippen molar-refractivity contribution < 1.29 is 60.9 Å². The van der Waals surface area contributed by atoms with E-state index in [2.05, 4.69) is 31.9 Å². The number of halogens is 5. The SMILES string of the molecule is COC(=O)c1ccc(-c2ccc(F)cc2F)cc1NC(=O)c1ccccc1.COC(=O)c1ccc(Br)cc1NC(=O)c1ccccc1.O=C(Nc1cc(-c2ccc(F)cc2F)ccc1C(=O)O)c1ccccc1. The van der Waals surface area contributed by atoms with Crippen molar-refractivity contribution in [3.8, 4) is 22.3 Å². The van der Waals surface area contributed by atoms with E-state index in [9.17, 15) is 51.4 Å². The molecule has 0 aliphatic rings. The number of hydrogen-bond donors (Lipinski definition) is 4. The fraction of sp³-hybridized carbons (Fsp3) is 0.0357. The largest absolute Gasteiger partial charge is 0.478 e. The Balaban J connectivity index is 0.000000181. The Labute approximate surface area is 423 Å². The molecule has 0 saturated carbocycles. The summed E-state index contributed by atoms with van der Waals surface area (Å²) in [5.74, 6) is -6.54. The highest BCUT2D eigenvalue weighted by Gasteiger charge is 2.20. The highest BCUT2D eigenvalue weighted by molar-refractivity contribution is 9.10. The molecule has 0 unspecified atom stereocenters. The van der Waals surface area contributed by atoms with Crippen molar-refractivity contribution in [2.45, 2.75) is 0 Å². The van der Waals surface area contributed by atoms with Crippen molar-refractivity contribution >= 4 is 68.6 Å². The maximum Gasteiger partial charge on any atom is 0.339 e. The summed E-state index contributed by atoms with van der Waals surface area (Å²) in [5, 5.41) is 17.2. The summed E-state index contributed by atoms with van der Waals surface area (Å²) in [4.78, 5) is 72.0. The number of anilines is 3. The molecule has 8 aromatic rings. The molecule has 0 heterocycles. The summed E-state index contributed by atoms with van der Waals surface area (Å²) < 4.78 is 64.6. The van der Waals surface area contributed by atoms with Gasteiger partial charge in [-0.25, -0.2) is 31.9 Å². The van der Waals surface area contributed by atoms with Crippen LogP contribution in [0.4, 0.5) is 34.6 Å². The minimum absolute atomic E-state index is 0.0209. The molecule has 3 amide bonds. The van der Waals surface area contributed by atoms with E-state index >= 15 is 0 Å². The van der Waals surface area contributed by atoms with Crippen LogP contribution in [0.1, 0.15) is 62.1 Å². The van der Waals surface area contributed by atoms with Crippen molar-refractivity contribution in [1.29, 1.82) is 0 Å². The molecule has 73 heavy (non-hydrogen) atoms. The zero-order valence-corrected chi connectivity index (χ0v) is 40.0. The van der Waals surface area contributed by atoms with Crippen LogP contribution in [0.2, 0.25) is 0 Å². The second kappa shape index (κ2) is 25.1. The van der Waals surface area contributed by atoms with E-state index < -0.39 is 53.0 Å². The summed E-state index contributed by atoms with van der Waals surface area (Å²) in [6.07, 6.45) is 0. The van der Waals surface area contributed by atoms with Crippen LogP contribution in [-0.4, -0.2) is 55.0 Å². The lowest BCUT2D eigenvalue weighted by Gasteiger charge is -2.13. The van der Waals surface area contributed by atoms with E-state index in [4.69, 9.17) is 9.47 Å². The van der Waals surface area contributed by atoms with Crippen LogP contribution in [-0.2, 0) is 9.47 Å². The summed E-state index contributed by atoms with van der Waals surface area (Å²) >= 11 is 3.31. The number of nitrogens with one attached hydrogen (secondary N) is 3. The van der Waals surface area contributed by atoms with Crippen LogP contribution < -0.4 is 16.0 Å². The van der Waals surface area contributed by atoms with Gasteiger partial charge in [0.15, 0.2) is 0 Å². The average molecular weight is 1050 g/mol. The number of hydrogen-bond acceptors (Lipinski definition) is 8. The Morgan fingerprint density at radius 1 is 0.425 bits per heavy atom. The van der Waals surface area contributed by atoms with Crippen molar-refractivity contribution in [1.82, 2.24) is 0 Å². The van der Waals surface area contributed by atoms with Gasteiger partial charge in [0.05, 0.1) is 48.0 Å². The number of carboxylic acids is 1. The molecule has 4 N–H and O–H groups in total. The fourth-order valence-electron chi connectivity index (χ4n) is 6.81. The second-order valence-electron chi connectivity index (χ2n) is 15.2. The molecule has 0 radical (unpaired) electrons. The molecule has 0 saturated heterocycles. The quantitative estimate of drug-likeness (QED) is 0.0725. The maximum atomic E-state index is 14.1. The Hall–Kier alpha value is -9.22. The number of esters is 2. The monoisotopic (exact) mass is 1050 g/mol. The van der Waals surface area contributed by atoms with Gasteiger partial charge in [0.25, 0.3) is 17.7 Å². The Bertz CT molecular complexity index is 3330. The second-order valence-corrected chi connectivity index (χ2v) is 16.1. The Kier molecular flexibility index (Phi) is 18.2. The molecule has 0 atom stereocenters. The number of carboxylic acid groups (broad SMARTS) is 1. The molecule has 17 heteroatoms. The summed E-state index contributed by atoms with van der Waals surface area (Å²) in [6.45, 7) is 0. The topological polar surface area (TPSA) is 177 Å². The lowest BCUT2D eigenvalue weighted by molar-refractivity contribution is 0.0592. The van der Waals surface area contributed by atoms with E-state index in [1.165, 1.54) is 62.8 Å². The van der Waals surface area contributed by atoms with Crippen LogP contribution in [0.15, 0.2) is 186 Å². The van der Waals surface area contributed by atoms with E-state index in [1.54, 1.807) is 103 Å². The zero-order chi connectivity index (χ0) is 52.6. The Morgan fingerprint density at radius 3 is 1.12 bits per heavy atom. The van der Waals surface area contributed by atoms with Gasteiger partial charge in [0.2, 0.25) is 0 Å². The van der Waals surface area contributed by atoms with E-state index in [0.29, 0.717) is 39.1 Å². The number of carbonyl (C=O) groups excluding carboxylic acids is 5. The molecule has 8 rings (SSSR count). The van der Waals surface area contributed by atoms with Crippen molar-refractivity contribution in [2.24, 2.45) is 0 Å². The smallest absolute Gasteiger partial charge is 0.339 e. The van der Waals surface area contributed by atoms with E-state index in [-0.39, 0.29) is 39.5 Å². The van der Waals surface area contributed by atoms with Crippen molar-refractivity contribution in [2.75, 3.05) is 30.2 Å². The maximum absolute atomic E-state index is 14.1. The first-order valence-corrected chi connectivity index (χ1v) is 22.3. The van der Waals surface area contributed by atoms with Gasteiger partial charge in [-0.15, -0.1) is 0 Å². The molecule has 368 valence electrons. The van der Waals surface area contributed by atoms with Crippen molar-refractivity contribution in [3.05, 3.63) is 243 Å². The average Bonchev–Trinajstić information content (AvgIpc) is 3.39. The highest BCUT2D eigenvalue weighted by Crippen LogP contribution is 2.31. The number of ether oxygens (including phenoxy) is 2. The molecule has 0 aliphatic heterocycles. The molecule has 0 spiro atoms. The van der Waals surface area contributed by atoms with Gasteiger partial charge in [0, 0.05) is 44.4 Å². The van der Waals surface area contributed by atoms with Crippen LogP contribution in [0.25, 0.3) is 22.3 Å². The van der Waals surface area contributed by atoms with Gasteiger partial charge in [-0.3, -0.25) is 14.4 Å². The molecule has 0 bridgehead atoms. The zero-order valence-electron chi connectivity index (χ0n) is 38.4. The third-order valence-electron chi connectivity index (χ3n) is 10.4. The van der Waals surface area contributed by atoms with Gasteiger partial charge >= 0.3 is 17.9 Å². The van der Waals surface area contributed by atoms with E-state index in [0.717, 1.165) is 28.7 Å². The summed E-state index contributed by atoms with van der Waals surface area (Å²) in [5.41, 5.74) is 3.07. The number of aromatic carboxylic acids is 1. The van der Waals surface area contributed by atoms with Crippen LogP contribution in [0, 0.1) is 23.3 Å². The van der Waals surface area contributed by atoms with Gasteiger partial charge in [-0.1, -0.05) is 82.7 Å². The normalized spacial score (nSPS) is 10.2. The number of amides is 3. The predicted molar refractivity (Wildman–Crippen MR) is 271 cm³/mol. The lowest BCUT2D eigenvalue weighted by Crippen LogP contribution is -2.15. The Morgan fingerprint density at radius 2 is 0.767 bits per heavy atom. The van der Waals surface area contributed by atoms with Gasteiger partial charge < -0.3 is 30.5 Å². The molecule has 8 aromatic carbocycles. The molecular weight excluding hydrogens is 1010 g/mol. The summed E-state index contributed by atoms with van der Waals surface area (Å²) in [6, 6.07) is 45.1. The minimum atomic E-state index is -1.24. The summed E-state index contributed by atoms with van der Waals surface area (Å²) in [7, 11) is 2.52. The predicted octanol–water partition coefficient (Wildman–Crippen LogP) is 12.7. The fourth-order valence-corrected chi connectivity index (χ4v) is 7.17. The van der Waals surface area contributed by atoms with Crippen LogP contribution >= 0.6 is 15.9 Å². The van der Waals surface area contributed by atoms with Gasteiger partial charge in [-0.2, -0.15) is 0 Å². The third kappa shape index (κ3) is 14.2. The molecule has 0 aromatic heterocycles. The van der Waals surface area contributed by atoms with Gasteiger partial charge in [-0.05, 0) is 114 Å². The molecule has 12 nitrogen and oxygen atoms in total. The van der Waals surface area contributed by atoms with Crippen molar-refractivity contribution in [3.63, 3.8) is 0 Å².